The van der Waals surface area contributed by atoms with Gasteiger partial charge in [-0.1, -0.05) is 24.3 Å². The molecule has 0 aliphatic rings. The first-order valence-corrected chi connectivity index (χ1v) is 7.95. The first kappa shape index (κ1) is 16.8. The number of para-hydroxylation sites is 1. The quantitative estimate of drug-likeness (QED) is 0.741. The van der Waals surface area contributed by atoms with Gasteiger partial charge in [-0.2, -0.15) is 0 Å². The largest absolute Gasteiger partial charge is 0.496 e. The van der Waals surface area contributed by atoms with Crippen LogP contribution in [-0.4, -0.2) is 13.0 Å². The molecule has 0 aliphatic heterocycles. The van der Waals surface area contributed by atoms with E-state index >= 15 is 0 Å². The Balaban J connectivity index is 1.92. The molecule has 128 valence electrons. The van der Waals surface area contributed by atoms with Gasteiger partial charge in [0.15, 0.2) is 0 Å². The fraction of sp³-hybridized carbons (Fsp3) is 0.200. The van der Waals surface area contributed by atoms with Crippen LogP contribution in [0.4, 0.5) is 0 Å². The summed E-state index contributed by atoms with van der Waals surface area (Å²) in [4.78, 5) is 24.3. The third kappa shape index (κ3) is 3.26. The predicted molar refractivity (Wildman–Crippen MR) is 96.1 cm³/mol. The number of rotatable bonds is 4. The molecule has 2 aromatic carbocycles. The number of carbonyl (C=O) groups is 1. The van der Waals surface area contributed by atoms with Gasteiger partial charge in [0, 0.05) is 18.0 Å². The van der Waals surface area contributed by atoms with Gasteiger partial charge in [-0.15, -0.1) is 0 Å². The molecule has 0 unspecified atom stereocenters. The van der Waals surface area contributed by atoms with Crippen LogP contribution in [0.25, 0.3) is 11.0 Å². The normalized spacial score (nSPS) is 10.7. The van der Waals surface area contributed by atoms with E-state index in [4.69, 9.17) is 9.15 Å². The van der Waals surface area contributed by atoms with E-state index in [1.165, 1.54) is 13.2 Å². The average Bonchev–Trinajstić information content (AvgIpc) is 2.62. The molecule has 0 radical (unpaired) electrons. The van der Waals surface area contributed by atoms with Gasteiger partial charge in [0.25, 0.3) is 5.91 Å². The van der Waals surface area contributed by atoms with E-state index in [0.717, 1.165) is 22.1 Å². The lowest BCUT2D eigenvalue weighted by Gasteiger charge is -2.11. The Hall–Kier alpha value is -3.08. The van der Waals surface area contributed by atoms with E-state index in [9.17, 15) is 9.59 Å². The zero-order valence-corrected chi connectivity index (χ0v) is 14.4. The lowest BCUT2D eigenvalue weighted by Crippen LogP contribution is -2.24. The number of methoxy groups -OCH3 is 1. The van der Waals surface area contributed by atoms with E-state index < -0.39 is 5.63 Å². The Morgan fingerprint density at radius 1 is 1.16 bits per heavy atom. The molecular formula is C20H19NO4. The number of ether oxygens (including phenoxy) is 1. The summed E-state index contributed by atoms with van der Waals surface area (Å²) in [5.74, 6) is 0.242. The van der Waals surface area contributed by atoms with Gasteiger partial charge in [0.1, 0.15) is 11.3 Å². The minimum Gasteiger partial charge on any atom is -0.496 e. The zero-order valence-electron chi connectivity index (χ0n) is 14.4. The minimum absolute atomic E-state index is 0.224. The number of fused-ring (bicyclic) bond motifs is 1. The third-order valence-electron chi connectivity index (χ3n) is 4.31. The van der Waals surface area contributed by atoms with Crippen LogP contribution in [0.1, 0.15) is 27.0 Å². The van der Waals surface area contributed by atoms with E-state index in [-0.39, 0.29) is 12.5 Å². The summed E-state index contributed by atoms with van der Waals surface area (Å²) in [6.45, 7) is 4.10. The molecule has 0 fully saturated rings. The number of aryl methyl sites for hydroxylation is 2. The second-order valence-electron chi connectivity index (χ2n) is 5.86. The Kier molecular flexibility index (Phi) is 4.57. The van der Waals surface area contributed by atoms with Crippen molar-refractivity contribution in [2.24, 2.45) is 0 Å². The molecular weight excluding hydrogens is 318 g/mol. The Morgan fingerprint density at radius 3 is 2.68 bits per heavy atom. The van der Waals surface area contributed by atoms with Crippen molar-refractivity contribution in [1.29, 1.82) is 0 Å². The first-order chi connectivity index (χ1) is 12.0. The maximum Gasteiger partial charge on any atom is 0.336 e. The summed E-state index contributed by atoms with van der Waals surface area (Å²) in [5.41, 5.74) is 3.28. The molecule has 1 amide bonds. The highest BCUT2D eigenvalue weighted by Gasteiger charge is 2.13. The van der Waals surface area contributed by atoms with Crippen LogP contribution < -0.4 is 15.7 Å². The standard InChI is InChI=1S/C20H19NO4/c1-12-8-9-15-14(10-18(22)25-19(15)13(12)2)11-21-20(23)16-6-4-5-7-17(16)24-3/h4-10H,11H2,1-3H3,(H,21,23). The van der Waals surface area contributed by atoms with Crippen molar-refractivity contribution in [3.8, 4) is 5.75 Å². The molecule has 0 atom stereocenters. The average molecular weight is 337 g/mol. The van der Waals surface area contributed by atoms with Crippen molar-refractivity contribution in [1.82, 2.24) is 5.32 Å². The van der Waals surface area contributed by atoms with E-state index in [1.54, 1.807) is 24.3 Å². The van der Waals surface area contributed by atoms with Gasteiger partial charge >= 0.3 is 5.63 Å². The topological polar surface area (TPSA) is 68.5 Å². The summed E-state index contributed by atoms with van der Waals surface area (Å²) in [6, 6.07) is 12.3. The molecule has 0 saturated carbocycles. The lowest BCUT2D eigenvalue weighted by atomic mass is 10.0. The monoisotopic (exact) mass is 337 g/mol. The van der Waals surface area contributed by atoms with Gasteiger partial charge in [-0.05, 0) is 42.7 Å². The van der Waals surface area contributed by atoms with Gasteiger partial charge in [0.05, 0.1) is 12.7 Å². The second kappa shape index (κ2) is 6.81. The molecule has 0 aliphatic carbocycles. The van der Waals surface area contributed by atoms with Crippen LogP contribution in [-0.2, 0) is 6.54 Å². The van der Waals surface area contributed by atoms with Gasteiger partial charge in [0.2, 0.25) is 0 Å². The number of benzene rings is 2. The number of amides is 1. The maximum absolute atomic E-state index is 12.4. The molecule has 3 aromatic rings. The van der Waals surface area contributed by atoms with Gasteiger partial charge in [-0.3, -0.25) is 4.79 Å². The fourth-order valence-corrected chi connectivity index (χ4v) is 2.77. The number of hydrogen-bond donors (Lipinski definition) is 1. The SMILES string of the molecule is COc1ccccc1C(=O)NCc1cc(=O)oc2c(C)c(C)ccc12. The summed E-state index contributed by atoms with van der Waals surface area (Å²) < 4.78 is 10.6. The molecule has 0 bridgehead atoms. The highest BCUT2D eigenvalue weighted by molar-refractivity contribution is 5.97. The van der Waals surface area contributed by atoms with Crippen molar-refractivity contribution in [2.75, 3.05) is 7.11 Å². The van der Waals surface area contributed by atoms with Crippen LogP contribution in [0, 0.1) is 13.8 Å². The summed E-state index contributed by atoms with van der Waals surface area (Å²) >= 11 is 0. The fourth-order valence-electron chi connectivity index (χ4n) is 2.77. The van der Waals surface area contributed by atoms with Crippen molar-refractivity contribution < 1.29 is 13.9 Å². The van der Waals surface area contributed by atoms with E-state index in [0.29, 0.717) is 16.9 Å². The molecule has 5 nitrogen and oxygen atoms in total. The molecule has 1 aromatic heterocycles. The Labute approximate surface area is 145 Å². The highest BCUT2D eigenvalue weighted by Crippen LogP contribution is 2.23. The minimum atomic E-state index is -0.428. The van der Waals surface area contributed by atoms with Crippen LogP contribution in [0.15, 0.2) is 51.7 Å². The Morgan fingerprint density at radius 2 is 1.92 bits per heavy atom. The number of nitrogens with one attached hydrogen (secondary N) is 1. The Bertz CT molecular complexity index is 1000. The predicted octanol–water partition coefficient (Wildman–Crippen LogP) is 3.35. The van der Waals surface area contributed by atoms with Crippen molar-refractivity contribution in [2.45, 2.75) is 20.4 Å². The molecule has 3 rings (SSSR count). The smallest absolute Gasteiger partial charge is 0.336 e. The van der Waals surface area contributed by atoms with Crippen molar-refractivity contribution in [3.05, 3.63) is 75.1 Å². The van der Waals surface area contributed by atoms with E-state index in [2.05, 4.69) is 5.32 Å². The molecule has 25 heavy (non-hydrogen) atoms. The lowest BCUT2D eigenvalue weighted by molar-refractivity contribution is 0.0948. The van der Waals surface area contributed by atoms with Gasteiger partial charge in [-0.25, -0.2) is 4.79 Å². The molecule has 5 heteroatoms. The van der Waals surface area contributed by atoms with Crippen LogP contribution in [0.5, 0.6) is 5.75 Å². The van der Waals surface area contributed by atoms with Crippen molar-refractivity contribution >= 4 is 16.9 Å². The summed E-state index contributed by atoms with van der Waals surface area (Å²) in [5, 5.41) is 3.67. The first-order valence-electron chi connectivity index (χ1n) is 7.95. The highest BCUT2D eigenvalue weighted by atomic mass is 16.5. The molecule has 0 saturated heterocycles. The van der Waals surface area contributed by atoms with Gasteiger partial charge < -0.3 is 14.5 Å². The molecule has 1 N–H and O–H groups in total. The second-order valence-corrected chi connectivity index (χ2v) is 5.86. The summed E-state index contributed by atoms with van der Waals surface area (Å²) in [7, 11) is 1.52. The molecule has 0 spiro atoms. The van der Waals surface area contributed by atoms with Crippen molar-refractivity contribution in [3.63, 3.8) is 0 Å². The maximum atomic E-state index is 12.4. The summed E-state index contributed by atoms with van der Waals surface area (Å²) in [6.07, 6.45) is 0. The van der Waals surface area contributed by atoms with Crippen LogP contribution in [0.3, 0.4) is 0 Å². The third-order valence-corrected chi connectivity index (χ3v) is 4.31. The number of carbonyl (C=O) groups excluding carboxylic acids is 1. The van der Waals surface area contributed by atoms with Crippen LogP contribution in [0.2, 0.25) is 0 Å². The van der Waals surface area contributed by atoms with Crippen LogP contribution >= 0.6 is 0 Å². The van der Waals surface area contributed by atoms with E-state index in [1.807, 2.05) is 26.0 Å². The number of hydrogen-bond acceptors (Lipinski definition) is 4. The zero-order chi connectivity index (χ0) is 18.0. The molecule has 1 heterocycles.